The standard InChI is InChI=1S/C21H22N2O3S/c1-14-4-6-15(7-5-14)8-11-20(24)23-21-22-17(13-27-21)16-9-10-18(25-2)19(12-16)26-3/h4-7,9-10,12-13H,8,11H2,1-3H3,(H,22,23,24). The van der Waals surface area contributed by atoms with Gasteiger partial charge in [-0.3, -0.25) is 4.79 Å². The summed E-state index contributed by atoms with van der Waals surface area (Å²) in [6.45, 7) is 2.05. The van der Waals surface area contributed by atoms with Crippen LogP contribution in [0.5, 0.6) is 11.5 Å². The second kappa shape index (κ2) is 8.68. The van der Waals surface area contributed by atoms with Crippen LogP contribution in [0.1, 0.15) is 17.5 Å². The maximum absolute atomic E-state index is 12.2. The Morgan fingerprint density at radius 1 is 1.07 bits per heavy atom. The van der Waals surface area contributed by atoms with Gasteiger partial charge in [-0.1, -0.05) is 29.8 Å². The molecule has 3 aromatic rings. The number of methoxy groups -OCH3 is 2. The molecule has 5 nitrogen and oxygen atoms in total. The molecule has 0 aliphatic heterocycles. The predicted molar refractivity (Wildman–Crippen MR) is 109 cm³/mol. The van der Waals surface area contributed by atoms with Crippen LogP contribution >= 0.6 is 11.3 Å². The van der Waals surface area contributed by atoms with Crippen molar-refractivity contribution < 1.29 is 14.3 Å². The van der Waals surface area contributed by atoms with Crippen molar-refractivity contribution in [2.24, 2.45) is 0 Å². The first-order valence-corrected chi connectivity index (χ1v) is 9.50. The van der Waals surface area contributed by atoms with E-state index in [-0.39, 0.29) is 5.91 Å². The molecular weight excluding hydrogens is 360 g/mol. The number of carbonyl (C=O) groups is 1. The van der Waals surface area contributed by atoms with Crippen LogP contribution in [0.4, 0.5) is 5.13 Å². The van der Waals surface area contributed by atoms with Crippen LogP contribution in [0.3, 0.4) is 0 Å². The lowest BCUT2D eigenvalue weighted by Crippen LogP contribution is -2.12. The molecule has 0 atom stereocenters. The first-order chi connectivity index (χ1) is 13.1. The molecule has 27 heavy (non-hydrogen) atoms. The third-order valence-corrected chi connectivity index (χ3v) is 4.95. The van der Waals surface area contributed by atoms with Gasteiger partial charge in [0.15, 0.2) is 16.6 Å². The topological polar surface area (TPSA) is 60.5 Å². The summed E-state index contributed by atoms with van der Waals surface area (Å²) in [6, 6.07) is 13.9. The summed E-state index contributed by atoms with van der Waals surface area (Å²) in [5.74, 6) is 1.27. The summed E-state index contributed by atoms with van der Waals surface area (Å²) >= 11 is 1.40. The molecule has 1 amide bonds. The molecule has 6 heteroatoms. The molecule has 0 spiro atoms. The summed E-state index contributed by atoms with van der Waals surface area (Å²) in [4.78, 5) is 16.7. The SMILES string of the molecule is COc1ccc(-c2csc(NC(=O)CCc3ccc(C)cc3)n2)cc1OC. The molecule has 0 saturated heterocycles. The van der Waals surface area contributed by atoms with Crippen molar-refractivity contribution >= 4 is 22.4 Å². The van der Waals surface area contributed by atoms with Crippen LogP contribution in [-0.4, -0.2) is 25.1 Å². The van der Waals surface area contributed by atoms with Gasteiger partial charge >= 0.3 is 0 Å². The van der Waals surface area contributed by atoms with E-state index in [0.29, 0.717) is 29.5 Å². The van der Waals surface area contributed by atoms with Crippen molar-refractivity contribution in [2.75, 3.05) is 19.5 Å². The van der Waals surface area contributed by atoms with Crippen LogP contribution < -0.4 is 14.8 Å². The molecule has 1 aromatic heterocycles. The van der Waals surface area contributed by atoms with Crippen molar-refractivity contribution in [3.8, 4) is 22.8 Å². The average Bonchev–Trinajstić information content (AvgIpc) is 3.15. The van der Waals surface area contributed by atoms with Gasteiger partial charge in [0.1, 0.15) is 0 Å². The van der Waals surface area contributed by atoms with Crippen molar-refractivity contribution in [2.45, 2.75) is 19.8 Å². The summed E-state index contributed by atoms with van der Waals surface area (Å²) in [7, 11) is 3.20. The van der Waals surface area contributed by atoms with Gasteiger partial charge in [-0.2, -0.15) is 0 Å². The number of rotatable bonds is 7. The zero-order valence-electron chi connectivity index (χ0n) is 15.6. The molecule has 3 rings (SSSR count). The minimum absolute atomic E-state index is 0.0382. The Labute approximate surface area is 163 Å². The number of hydrogen-bond donors (Lipinski definition) is 1. The Morgan fingerprint density at radius 2 is 1.81 bits per heavy atom. The quantitative estimate of drug-likeness (QED) is 0.643. The molecule has 0 aliphatic rings. The van der Waals surface area contributed by atoms with Crippen LogP contribution in [0.25, 0.3) is 11.3 Å². The second-order valence-electron chi connectivity index (χ2n) is 6.14. The molecule has 140 valence electrons. The number of amides is 1. The van der Waals surface area contributed by atoms with Gasteiger partial charge in [-0.05, 0) is 37.1 Å². The van der Waals surface area contributed by atoms with E-state index >= 15 is 0 Å². The van der Waals surface area contributed by atoms with E-state index in [2.05, 4.69) is 41.5 Å². The van der Waals surface area contributed by atoms with Gasteiger partial charge in [-0.15, -0.1) is 11.3 Å². The highest BCUT2D eigenvalue weighted by Gasteiger charge is 2.11. The van der Waals surface area contributed by atoms with E-state index in [9.17, 15) is 4.79 Å². The molecule has 2 aromatic carbocycles. The highest BCUT2D eigenvalue weighted by Crippen LogP contribution is 2.33. The van der Waals surface area contributed by atoms with E-state index in [1.54, 1.807) is 14.2 Å². The van der Waals surface area contributed by atoms with Gasteiger partial charge in [-0.25, -0.2) is 4.98 Å². The van der Waals surface area contributed by atoms with E-state index < -0.39 is 0 Å². The second-order valence-corrected chi connectivity index (χ2v) is 7.00. The van der Waals surface area contributed by atoms with Crippen molar-refractivity contribution in [3.63, 3.8) is 0 Å². The molecule has 0 saturated carbocycles. The Bertz CT molecular complexity index is 919. The normalized spacial score (nSPS) is 10.5. The lowest BCUT2D eigenvalue weighted by Gasteiger charge is -2.08. The number of hydrogen-bond acceptors (Lipinski definition) is 5. The van der Waals surface area contributed by atoms with Crippen LogP contribution in [-0.2, 0) is 11.2 Å². The van der Waals surface area contributed by atoms with Gasteiger partial charge in [0.05, 0.1) is 19.9 Å². The lowest BCUT2D eigenvalue weighted by atomic mass is 10.1. The fourth-order valence-electron chi connectivity index (χ4n) is 2.65. The first kappa shape index (κ1) is 18.9. The summed E-state index contributed by atoms with van der Waals surface area (Å²) in [5.41, 5.74) is 4.06. The Hall–Kier alpha value is -2.86. The number of carbonyl (C=O) groups excluding carboxylic acids is 1. The van der Waals surface area contributed by atoms with E-state index in [1.165, 1.54) is 16.9 Å². The maximum Gasteiger partial charge on any atom is 0.226 e. The Morgan fingerprint density at radius 3 is 2.52 bits per heavy atom. The van der Waals surface area contributed by atoms with Gasteiger partial charge in [0.2, 0.25) is 5.91 Å². The monoisotopic (exact) mass is 382 g/mol. The van der Waals surface area contributed by atoms with Crippen LogP contribution in [0.15, 0.2) is 47.8 Å². The van der Waals surface area contributed by atoms with E-state index in [4.69, 9.17) is 9.47 Å². The molecular formula is C21H22N2O3S. The van der Waals surface area contributed by atoms with Crippen molar-refractivity contribution in [3.05, 3.63) is 59.0 Å². The molecule has 0 bridgehead atoms. The number of aryl methyl sites for hydroxylation is 2. The van der Waals surface area contributed by atoms with Gasteiger partial charge < -0.3 is 14.8 Å². The first-order valence-electron chi connectivity index (χ1n) is 8.62. The molecule has 0 radical (unpaired) electrons. The van der Waals surface area contributed by atoms with Gasteiger partial charge in [0.25, 0.3) is 0 Å². The van der Waals surface area contributed by atoms with Crippen LogP contribution in [0, 0.1) is 6.92 Å². The zero-order chi connectivity index (χ0) is 19.2. The number of nitrogens with one attached hydrogen (secondary N) is 1. The fourth-order valence-corrected chi connectivity index (χ4v) is 3.39. The highest BCUT2D eigenvalue weighted by atomic mass is 32.1. The Balaban J connectivity index is 1.62. The van der Waals surface area contributed by atoms with Crippen molar-refractivity contribution in [1.29, 1.82) is 0 Å². The summed E-state index contributed by atoms with van der Waals surface area (Å²) < 4.78 is 10.6. The minimum Gasteiger partial charge on any atom is -0.493 e. The number of anilines is 1. The van der Waals surface area contributed by atoms with E-state index in [0.717, 1.165) is 16.8 Å². The van der Waals surface area contributed by atoms with E-state index in [1.807, 2.05) is 23.6 Å². The maximum atomic E-state index is 12.2. The number of nitrogens with zero attached hydrogens (tertiary/aromatic N) is 1. The van der Waals surface area contributed by atoms with Crippen LogP contribution in [0.2, 0.25) is 0 Å². The summed E-state index contributed by atoms with van der Waals surface area (Å²) in [5, 5.41) is 5.38. The number of thiazole rings is 1. The highest BCUT2D eigenvalue weighted by molar-refractivity contribution is 7.14. The molecule has 0 aliphatic carbocycles. The molecule has 0 fully saturated rings. The third-order valence-electron chi connectivity index (χ3n) is 4.19. The molecule has 0 unspecified atom stereocenters. The van der Waals surface area contributed by atoms with Crippen molar-refractivity contribution in [1.82, 2.24) is 4.98 Å². The smallest absolute Gasteiger partial charge is 0.226 e. The number of benzene rings is 2. The minimum atomic E-state index is -0.0382. The van der Waals surface area contributed by atoms with Gasteiger partial charge in [0, 0.05) is 17.4 Å². The third kappa shape index (κ3) is 4.86. The predicted octanol–water partition coefficient (Wildman–Crippen LogP) is 4.71. The number of aromatic nitrogens is 1. The lowest BCUT2D eigenvalue weighted by molar-refractivity contribution is -0.116. The average molecular weight is 382 g/mol. The molecule has 1 N–H and O–H groups in total. The fraction of sp³-hybridized carbons (Fsp3) is 0.238. The largest absolute Gasteiger partial charge is 0.493 e. The number of ether oxygens (including phenoxy) is 2. The summed E-state index contributed by atoms with van der Waals surface area (Å²) in [6.07, 6.45) is 1.13. The molecule has 1 heterocycles. The Kier molecular flexibility index (Phi) is 6.08. The zero-order valence-corrected chi connectivity index (χ0v) is 16.4.